The fraction of sp³-hybridized carbons (Fsp3) is 1.00. The summed E-state index contributed by atoms with van der Waals surface area (Å²) in [5, 5.41) is 19.5. The molecular weight excluding hydrogens is 200 g/mol. The molecule has 0 heterocycles. The predicted molar refractivity (Wildman–Crippen MR) is 67.2 cm³/mol. The van der Waals surface area contributed by atoms with Gasteiger partial charge in [-0.1, -0.05) is 40.0 Å². The maximum Gasteiger partial charge on any atom is 0.0517 e. The van der Waals surface area contributed by atoms with Crippen LogP contribution in [0.1, 0.15) is 59.8 Å². The molecule has 0 spiro atoms. The Hall–Kier alpha value is -0.0800. The van der Waals surface area contributed by atoms with Crippen LogP contribution in [0.25, 0.3) is 0 Å². The predicted octanol–water partition coefficient (Wildman–Crippen LogP) is 2.97. The van der Waals surface area contributed by atoms with E-state index in [4.69, 9.17) is 0 Å². The second kappa shape index (κ2) is 5.05. The molecule has 1 aliphatic rings. The molecule has 3 atom stereocenters. The van der Waals surface area contributed by atoms with E-state index in [9.17, 15) is 10.2 Å². The highest BCUT2D eigenvalue weighted by Crippen LogP contribution is 2.54. The Balaban J connectivity index is 2.92. The third-order valence-electron chi connectivity index (χ3n) is 4.89. The summed E-state index contributed by atoms with van der Waals surface area (Å²) in [6.07, 6.45) is 5.31. The van der Waals surface area contributed by atoms with Gasteiger partial charge in [-0.05, 0) is 31.1 Å². The molecule has 0 aromatic heterocycles. The first-order chi connectivity index (χ1) is 7.35. The molecule has 1 fully saturated rings. The van der Waals surface area contributed by atoms with Gasteiger partial charge in [-0.15, -0.1) is 0 Å². The molecule has 2 N–H and O–H groups in total. The van der Waals surface area contributed by atoms with Gasteiger partial charge in [0.25, 0.3) is 0 Å². The van der Waals surface area contributed by atoms with E-state index in [1.165, 1.54) is 19.3 Å². The van der Waals surface area contributed by atoms with Crippen LogP contribution >= 0.6 is 0 Å². The van der Waals surface area contributed by atoms with E-state index in [-0.39, 0.29) is 23.5 Å². The minimum Gasteiger partial charge on any atom is -0.396 e. The molecule has 3 unspecified atom stereocenters. The van der Waals surface area contributed by atoms with Crippen molar-refractivity contribution in [3.63, 3.8) is 0 Å². The largest absolute Gasteiger partial charge is 0.396 e. The fourth-order valence-corrected chi connectivity index (χ4v) is 3.81. The van der Waals surface area contributed by atoms with Gasteiger partial charge in [0.2, 0.25) is 0 Å². The summed E-state index contributed by atoms with van der Waals surface area (Å²) in [4.78, 5) is 0. The number of aliphatic hydroxyl groups is 2. The molecule has 0 bridgehead atoms. The average Bonchev–Trinajstić information content (AvgIpc) is 2.16. The Morgan fingerprint density at radius 2 is 2.00 bits per heavy atom. The van der Waals surface area contributed by atoms with Crippen LogP contribution in [-0.4, -0.2) is 22.9 Å². The van der Waals surface area contributed by atoms with Crippen LogP contribution in [0.4, 0.5) is 0 Å². The minimum absolute atomic E-state index is 0.00222. The van der Waals surface area contributed by atoms with Crippen LogP contribution in [0.2, 0.25) is 0 Å². The normalized spacial score (nSPS) is 33.8. The first-order valence-corrected chi connectivity index (χ1v) is 6.64. The van der Waals surface area contributed by atoms with Crippen molar-refractivity contribution in [1.29, 1.82) is 0 Å². The van der Waals surface area contributed by atoms with Gasteiger partial charge in [-0.2, -0.15) is 0 Å². The summed E-state index contributed by atoms with van der Waals surface area (Å²) < 4.78 is 0. The molecule has 0 aromatic carbocycles. The lowest BCUT2D eigenvalue weighted by Gasteiger charge is -2.53. The SMILES string of the molecule is CC(O)CC(C)(C)C1(CO)CCCCC1C. The van der Waals surface area contributed by atoms with Gasteiger partial charge >= 0.3 is 0 Å². The molecule has 96 valence electrons. The number of hydrogen-bond donors (Lipinski definition) is 2. The zero-order valence-electron chi connectivity index (χ0n) is 11.3. The molecule has 2 heteroatoms. The van der Waals surface area contributed by atoms with Gasteiger partial charge in [-0.25, -0.2) is 0 Å². The first kappa shape index (κ1) is 14.0. The van der Waals surface area contributed by atoms with E-state index < -0.39 is 0 Å². The van der Waals surface area contributed by atoms with Crippen LogP contribution < -0.4 is 0 Å². The monoisotopic (exact) mass is 228 g/mol. The average molecular weight is 228 g/mol. The molecule has 0 amide bonds. The Morgan fingerprint density at radius 3 is 2.44 bits per heavy atom. The molecule has 16 heavy (non-hydrogen) atoms. The van der Waals surface area contributed by atoms with E-state index in [0.717, 1.165) is 12.8 Å². The minimum atomic E-state index is -0.285. The second-order valence-electron chi connectivity index (χ2n) is 6.40. The van der Waals surface area contributed by atoms with Crippen molar-refractivity contribution in [3.8, 4) is 0 Å². The van der Waals surface area contributed by atoms with Crippen molar-refractivity contribution in [2.24, 2.45) is 16.7 Å². The van der Waals surface area contributed by atoms with Crippen molar-refractivity contribution < 1.29 is 10.2 Å². The summed E-state index contributed by atoms with van der Waals surface area (Å²) in [7, 11) is 0. The molecule has 0 saturated heterocycles. The molecule has 0 aliphatic heterocycles. The van der Waals surface area contributed by atoms with E-state index in [0.29, 0.717) is 5.92 Å². The third-order valence-corrected chi connectivity index (χ3v) is 4.89. The molecule has 1 rings (SSSR count). The third kappa shape index (κ3) is 2.43. The van der Waals surface area contributed by atoms with Crippen LogP contribution in [0.3, 0.4) is 0 Å². The maximum atomic E-state index is 9.88. The Bertz CT molecular complexity index is 223. The van der Waals surface area contributed by atoms with Gasteiger partial charge in [-0.3, -0.25) is 0 Å². The highest BCUT2D eigenvalue weighted by molar-refractivity contribution is 4.98. The summed E-state index contributed by atoms with van der Waals surface area (Å²) in [6.45, 7) is 8.78. The van der Waals surface area contributed by atoms with Crippen molar-refractivity contribution in [1.82, 2.24) is 0 Å². The molecule has 2 nitrogen and oxygen atoms in total. The summed E-state index contributed by atoms with van der Waals surface area (Å²) in [6, 6.07) is 0. The van der Waals surface area contributed by atoms with Gasteiger partial charge in [0.05, 0.1) is 6.10 Å². The maximum absolute atomic E-state index is 9.88. The van der Waals surface area contributed by atoms with Gasteiger partial charge < -0.3 is 10.2 Å². The Kier molecular flexibility index (Phi) is 4.42. The smallest absolute Gasteiger partial charge is 0.0517 e. The zero-order valence-corrected chi connectivity index (χ0v) is 11.3. The van der Waals surface area contributed by atoms with Gasteiger partial charge in [0.1, 0.15) is 0 Å². The summed E-state index contributed by atoms with van der Waals surface area (Å²) >= 11 is 0. The first-order valence-electron chi connectivity index (χ1n) is 6.64. The van der Waals surface area contributed by atoms with Crippen molar-refractivity contribution in [2.75, 3.05) is 6.61 Å². The van der Waals surface area contributed by atoms with Gasteiger partial charge in [0, 0.05) is 12.0 Å². The number of aliphatic hydroxyl groups excluding tert-OH is 2. The Labute approximate surface area is 100 Å². The van der Waals surface area contributed by atoms with Crippen molar-refractivity contribution in [2.45, 2.75) is 65.9 Å². The van der Waals surface area contributed by atoms with E-state index in [2.05, 4.69) is 20.8 Å². The van der Waals surface area contributed by atoms with Crippen LogP contribution in [-0.2, 0) is 0 Å². The standard InChI is InChI=1S/C14H28O2/c1-11-7-5-6-8-14(11,10-15)13(3,4)9-12(2)16/h11-12,15-16H,5-10H2,1-4H3. The molecular formula is C14H28O2. The number of rotatable bonds is 4. The fourth-order valence-electron chi connectivity index (χ4n) is 3.81. The van der Waals surface area contributed by atoms with Crippen LogP contribution in [0.15, 0.2) is 0 Å². The summed E-state index contributed by atoms with van der Waals surface area (Å²) in [5.74, 6) is 0.556. The molecule has 0 radical (unpaired) electrons. The zero-order chi connectivity index (χ0) is 12.4. The van der Waals surface area contributed by atoms with Crippen molar-refractivity contribution >= 4 is 0 Å². The van der Waals surface area contributed by atoms with E-state index >= 15 is 0 Å². The van der Waals surface area contributed by atoms with E-state index in [1.54, 1.807) is 0 Å². The lowest BCUT2D eigenvalue weighted by molar-refractivity contribution is -0.0865. The second-order valence-corrected chi connectivity index (χ2v) is 6.40. The van der Waals surface area contributed by atoms with Crippen LogP contribution in [0, 0.1) is 16.7 Å². The molecule has 0 aromatic rings. The highest BCUT2D eigenvalue weighted by atomic mass is 16.3. The molecule has 1 aliphatic carbocycles. The quantitative estimate of drug-likeness (QED) is 0.776. The Morgan fingerprint density at radius 1 is 1.38 bits per heavy atom. The lowest BCUT2D eigenvalue weighted by atomic mass is 9.53. The van der Waals surface area contributed by atoms with E-state index in [1.807, 2.05) is 6.92 Å². The van der Waals surface area contributed by atoms with Crippen LogP contribution in [0.5, 0.6) is 0 Å². The summed E-state index contributed by atoms with van der Waals surface area (Å²) in [5.41, 5.74) is 0.0119. The topological polar surface area (TPSA) is 40.5 Å². The van der Waals surface area contributed by atoms with Gasteiger partial charge in [0.15, 0.2) is 0 Å². The lowest BCUT2D eigenvalue weighted by Crippen LogP contribution is -2.48. The number of hydrogen-bond acceptors (Lipinski definition) is 2. The molecule has 1 saturated carbocycles. The highest BCUT2D eigenvalue weighted by Gasteiger charge is 2.49. The van der Waals surface area contributed by atoms with Crippen molar-refractivity contribution in [3.05, 3.63) is 0 Å².